The normalized spacial score (nSPS) is 10.5. The molecule has 2 N–H and O–H groups in total. The SMILES string of the molecule is C=CCNC(=O)NC(=O)CSc1nnc(-c2ccc(F)cc2)c2ccccc12. The molecule has 0 saturated carbocycles. The molecule has 0 saturated heterocycles. The van der Waals surface area contributed by atoms with Gasteiger partial charge in [0.05, 0.1) is 5.75 Å². The largest absolute Gasteiger partial charge is 0.334 e. The Labute approximate surface area is 165 Å². The predicted octanol–water partition coefficient (Wildman–Crippen LogP) is 3.54. The number of halogens is 1. The smallest absolute Gasteiger partial charge is 0.321 e. The van der Waals surface area contributed by atoms with E-state index in [1.54, 1.807) is 12.1 Å². The van der Waals surface area contributed by atoms with Crippen LogP contribution in [0.2, 0.25) is 0 Å². The standard InChI is InChI=1S/C20H17FN4O2S/c1-2-11-22-20(27)23-17(26)12-28-19-16-6-4-3-5-15(16)18(24-25-19)13-7-9-14(21)10-8-13/h2-10H,1,11-12H2,(H2,22,23,26,27). The molecule has 6 nitrogen and oxygen atoms in total. The van der Waals surface area contributed by atoms with Gasteiger partial charge in [0.2, 0.25) is 5.91 Å². The van der Waals surface area contributed by atoms with E-state index in [0.717, 1.165) is 16.3 Å². The van der Waals surface area contributed by atoms with Crippen molar-refractivity contribution >= 4 is 34.5 Å². The predicted molar refractivity (Wildman–Crippen MR) is 107 cm³/mol. The first-order valence-corrected chi connectivity index (χ1v) is 9.40. The van der Waals surface area contributed by atoms with E-state index in [-0.39, 0.29) is 18.1 Å². The van der Waals surface area contributed by atoms with Crippen molar-refractivity contribution in [2.24, 2.45) is 0 Å². The summed E-state index contributed by atoms with van der Waals surface area (Å²) in [7, 11) is 0. The van der Waals surface area contributed by atoms with Crippen molar-refractivity contribution in [2.45, 2.75) is 5.03 Å². The van der Waals surface area contributed by atoms with E-state index in [1.165, 1.54) is 30.0 Å². The highest BCUT2D eigenvalue weighted by Crippen LogP contribution is 2.31. The number of hydrogen-bond donors (Lipinski definition) is 2. The van der Waals surface area contributed by atoms with Gasteiger partial charge >= 0.3 is 6.03 Å². The maximum Gasteiger partial charge on any atom is 0.321 e. The van der Waals surface area contributed by atoms with Crippen LogP contribution in [0.25, 0.3) is 22.0 Å². The Bertz CT molecular complexity index is 1020. The Hall–Kier alpha value is -3.26. The zero-order valence-electron chi connectivity index (χ0n) is 14.8. The lowest BCUT2D eigenvalue weighted by Crippen LogP contribution is -2.40. The van der Waals surface area contributed by atoms with Gasteiger partial charge in [-0.15, -0.1) is 16.8 Å². The number of imide groups is 1. The van der Waals surface area contributed by atoms with E-state index in [9.17, 15) is 14.0 Å². The summed E-state index contributed by atoms with van der Waals surface area (Å²) in [5.41, 5.74) is 1.38. The lowest BCUT2D eigenvalue weighted by atomic mass is 10.1. The molecule has 28 heavy (non-hydrogen) atoms. The third kappa shape index (κ3) is 4.72. The molecule has 0 unspecified atom stereocenters. The third-order valence-electron chi connectivity index (χ3n) is 3.77. The van der Waals surface area contributed by atoms with E-state index in [0.29, 0.717) is 10.7 Å². The highest BCUT2D eigenvalue weighted by atomic mass is 32.2. The lowest BCUT2D eigenvalue weighted by molar-refractivity contribution is -0.117. The number of nitrogens with zero attached hydrogens (tertiary/aromatic N) is 2. The zero-order chi connectivity index (χ0) is 19.9. The molecule has 3 rings (SSSR count). The van der Waals surface area contributed by atoms with Crippen LogP contribution in [0.1, 0.15) is 0 Å². The molecule has 2 aromatic carbocycles. The number of fused-ring (bicyclic) bond motifs is 1. The maximum absolute atomic E-state index is 13.2. The molecule has 0 spiro atoms. The van der Waals surface area contributed by atoms with Gasteiger partial charge in [-0.05, 0) is 24.3 Å². The van der Waals surface area contributed by atoms with Gasteiger partial charge in [0.1, 0.15) is 16.5 Å². The lowest BCUT2D eigenvalue weighted by Gasteiger charge is -2.09. The summed E-state index contributed by atoms with van der Waals surface area (Å²) in [6.07, 6.45) is 1.52. The van der Waals surface area contributed by atoms with Gasteiger partial charge in [0.25, 0.3) is 0 Å². The first-order valence-electron chi connectivity index (χ1n) is 8.41. The number of rotatable bonds is 6. The van der Waals surface area contributed by atoms with E-state index < -0.39 is 11.9 Å². The summed E-state index contributed by atoms with van der Waals surface area (Å²) in [4.78, 5) is 23.5. The maximum atomic E-state index is 13.2. The van der Waals surface area contributed by atoms with Crippen molar-refractivity contribution in [3.05, 3.63) is 67.0 Å². The molecule has 1 heterocycles. The molecule has 0 radical (unpaired) electrons. The quantitative estimate of drug-likeness (QED) is 0.492. The Balaban J connectivity index is 1.79. The molecule has 0 aliphatic heterocycles. The van der Waals surface area contributed by atoms with E-state index >= 15 is 0 Å². The van der Waals surface area contributed by atoms with Crippen LogP contribution in [0.3, 0.4) is 0 Å². The fourth-order valence-electron chi connectivity index (χ4n) is 2.51. The number of aromatic nitrogens is 2. The molecule has 0 aliphatic rings. The Morgan fingerprint density at radius 1 is 1.07 bits per heavy atom. The topological polar surface area (TPSA) is 84.0 Å². The molecule has 142 valence electrons. The summed E-state index contributed by atoms with van der Waals surface area (Å²) < 4.78 is 13.2. The second-order valence-electron chi connectivity index (χ2n) is 5.74. The number of urea groups is 1. The first-order chi connectivity index (χ1) is 13.6. The summed E-state index contributed by atoms with van der Waals surface area (Å²) in [6, 6.07) is 13.0. The van der Waals surface area contributed by atoms with E-state index in [1.807, 2.05) is 24.3 Å². The second-order valence-corrected chi connectivity index (χ2v) is 6.71. The number of thioether (sulfide) groups is 1. The van der Waals surface area contributed by atoms with Crippen LogP contribution in [0.5, 0.6) is 0 Å². The van der Waals surface area contributed by atoms with E-state index in [4.69, 9.17) is 0 Å². The Morgan fingerprint density at radius 2 is 1.79 bits per heavy atom. The summed E-state index contributed by atoms with van der Waals surface area (Å²) in [6.45, 7) is 3.76. The van der Waals surface area contributed by atoms with Crippen molar-refractivity contribution in [2.75, 3.05) is 12.3 Å². The molecular weight excluding hydrogens is 379 g/mol. The van der Waals surface area contributed by atoms with Crippen molar-refractivity contribution < 1.29 is 14.0 Å². The van der Waals surface area contributed by atoms with Crippen molar-refractivity contribution in [3.63, 3.8) is 0 Å². The van der Waals surface area contributed by atoms with Gasteiger partial charge in [0, 0.05) is 22.9 Å². The van der Waals surface area contributed by atoms with Gasteiger partial charge in [-0.2, -0.15) is 0 Å². The van der Waals surface area contributed by atoms with Gasteiger partial charge in [-0.1, -0.05) is 42.1 Å². The van der Waals surface area contributed by atoms with E-state index in [2.05, 4.69) is 27.4 Å². The molecule has 0 fully saturated rings. The summed E-state index contributed by atoms with van der Waals surface area (Å²) in [5.74, 6) is -0.757. The minimum Gasteiger partial charge on any atom is -0.334 e. The molecule has 8 heteroatoms. The minimum atomic E-state index is -0.576. The molecule has 0 bridgehead atoms. The summed E-state index contributed by atoms with van der Waals surface area (Å²) >= 11 is 1.18. The van der Waals surface area contributed by atoms with Crippen LogP contribution in [0.4, 0.5) is 9.18 Å². The number of benzene rings is 2. The number of carbonyl (C=O) groups is 2. The zero-order valence-corrected chi connectivity index (χ0v) is 15.6. The number of carbonyl (C=O) groups excluding carboxylic acids is 2. The fraction of sp³-hybridized carbons (Fsp3) is 0.100. The average Bonchev–Trinajstić information content (AvgIpc) is 2.71. The van der Waals surface area contributed by atoms with Crippen LogP contribution in [0.15, 0.2) is 66.2 Å². The van der Waals surface area contributed by atoms with Crippen molar-refractivity contribution in [3.8, 4) is 11.3 Å². The highest BCUT2D eigenvalue weighted by Gasteiger charge is 2.14. The Kier molecular flexibility index (Phi) is 6.33. The molecule has 3 amide bonds. The van der Waals surface area contributed by atoms with Crippen LogP contribution in [-0.4, -0.2) is 34.4 Å². The van der Waals surface area contributed by atoms with Gasteiger partial charge in [-0.25, -0.2) is 9.18 Å². The van der Waals surface area contributed by atoms with Crippen LogP contribution in [-0.2, 0) is 4.79 Å². The molecule has 0 atom stereocenters. The second kappa shape index (κ2) is 9.09. The van der Waals surface area contributed by atoms with Crippen molar-refractivity contribution in [1.29, 1.82) is 0 Å². The molecule has 0 aliphatic carbocycles. The van der Waals surface area contributed by atoms with Gasteiger partial charge < -0.3 is 5.32 Å². The van der Waals surface area contributed by atoms with Crippen LogP contribution in [0, 0.1) is 5.82 Å². The Morgan fingerprint density at radius 3 is 2.50 bits per heavy atom. The first kappa shape index (κ1) is 19.5. The third-order valence-corrected chi connectivity index (χ3v) is 4.75. The van der Waals surface area contributed by atoms with Crippen LogP contribution < -0.4 is 10.6 Å². The average molecular weight is 396 g/mol. The number of nitrogens with one attached hydrogen (secondary N) is 2. The molecule has 3 aromatic rings. The number of hydrogen-bond acceptors (Lipinski definition) is 5. The monoisotopic (exact) mass is 396 g/mol. The van der Waals surface area contributed by atoms with Crippen molar-refractivity contribution in [1.82, 2.24) is 20.8 Å². The van der Waals surface area contributed by atoms with Gasteiger partial charge in [-0.3, -0.25) is 10.1 Å². The number of amides is 3. The van der Waals surface area contributed by atoms with Gasteiger partial charge in [0.15, 0.2) is 0 Å². The molecular formula is C20H17FN4O2S. The summed E-state index contributed by atoms with van der Waals surface area (Å²) in [5, 5.41) is 15.4. The minimum absolute atomic E-state index is 0.01000. The van der Waals surface area contributed by atoms with Crippen LogP contribution >= 0.6 is 11.8 Å². The highest BCUT2D eigenvalue weighted by molar-refractivity contribution is 8.00. The fourth-order valence-corrected chi connectivity index (χ4v) is 3.28. The molecule has 1 aromatic heterocycles.